The highest BCUT2D eigenvalue weighted by atomic mass is 16.1. The molecule has 0 aliphatic carbocycles. The highest BCUT2D eigenvalue weighted by molar-refractivity contribution is 5.96. The van der Waals surface area contributed by atoms with Crippen molar-refractivity contribution in [3.8, 4) is 0 Å². The van der Waals surface area contributed by atoms with Crippen molar-refractivity contribution in [1.29, 1.82) is 0 Å². The molecule has 0 saturated carbocycles. The SMILES string of the molecule is CCCCN(CCCC)c1ccc(C(=O)NCC)cc1N. The molecular formula is C17H29N3O. The van der Waals surface area contributed by atoms with E-state index in [0.717, 1.165) is 31.6 Å². The molecule has 0 spiro atoms. The molecule has 3 N–H and O–H groups in total. The predicted molar refractivity (Wildman–Crippen MR) is 90.9 cm³/mol. The lowest BCUT2D eigenvalue weighted by Crippen LogP contribution is -2.27. The summed E-state index contributed by atoms with van der Waals surface area (Å²) in [5, 5.41) is 2.80. The third kappa shape index (κ3) is 5.29. The van der Waals surface area contributed by atoms with Gasteiger partial charge in [-0.25, -0.2) is 0 Å². The standard InChI is InChI=1S/C17H29N3O/c1-4-7-11-20(12-8-5-2)16-10-9-14(13-15(16)18)17(21)19-6-3/h9-10,13H,4-8,11-12,18H2,1-3H3,(H,19,21). The minimum absolute atomic E-state index is 0.0654. The summed E-state index contributed by atoms with van der Waals surface area (Å²) < 4.78 is 0. The average molecular weight is 291 g/mol. The number of nitrogen functional groups attached to an aromatic ring is 1. The summed E-state index contributed by atoms with van der Waals surface area (Å²) in [4.78, 5) is 14.2. The van der Waals surface area contributed by atoms with Crippen molar-refractivity contribution in [3.05, 3.63) is 23.8 Å². The van der Waals surface area contributed by atoms with Gasteiger partial charge in [-0.3, -0.25) is 4.79 Å². The molecule has 4 heteroatoms. The quantitative estimate of drug-likeness (QED) is 0.685. The number of nitrogens with one attached hydrogen (secondary N) is 1. The molecule has 0 aromatic heterocycles. The molecule has 0 saturated heterocycles. The fourth-order valence-electron chi connectivity index (χ4n) is 2.30. The highest BCUT2D eigenvalue weighted by Crippen LogP contribution is 2.25. The molecular weight excluding hydrogens is 262 g/mol. The number of carbonyl (C=O) groups is 1. The smallest absolute Gasteiger partial charge is 0.251 e. The maximum atomic E-state index is 11.8. The van der Waals surface area contributed by atoms with Gasteiger partial charge in [0.2, 0.25) is 0 Å². The van der Waals surface area contributed by atoms with E-state index in [-0.39, 0.29) is 5.91 Å². The van der Waals surface area contributed by atoms with Crippen LogP contribution in [0.3, 0.4) is 0 Å². The molecule has 118 valence electrons. The van der Waals surface area contributed by atoms with E-state index < -0.39 is 0 Å². The fourth-order valence-corrected chi connectivity index (χ4v) is 2.30. The summed E-state index contributed by atoms with van der Waals surface area (Å²) in [6.07, 6.45) is 4.64. The molecule has 0 heterocycles. The van der Waals surface area contributed by atoms with Crippen LogP contribution in [-0.2, 0) is 0 Å². The maximum Gasteiger partial charge on any atom is 0.251 e. The van der Waals surface area contributed by atoms with Crippen molar-refractivity contribution in [2.75, 3.05) is 30.3 Å². The second kappa shape index (κ2) is 9.27. The van der Waals surface area contributed by atoms with E-state index in [4.69, 9.17) is 5.73 Å². The first-order valence-corrected chi connectivity index (χ1v) is 8.06. The van der Waals surface area contributed by atoms with Crippen molar-refractivity contribution >= 4 is 17.3 Å². The first-order chi connectivity index (χ1) is 10.1. The number of hydrogen-bond donors (Lipinski definition) is 2. The van der Waals surface area contributed by atoms with Gasteiger partial charge in [0.05, 0.1) is 11.4 Å². The van der Waals surface area contributed by atoms with E-state index in [0.29, 0.717) is 17.8 Å². The van der Waals surface area contributed by atoms with Crippen LogP contribution in [0.15, 0.2) is 18.2 Å². The number of unbranched alkanes of at least 4 members (excludes halogenated alkanes) is 2. The van der Waals surface area contributed by atoms with E-state index in [1.807, 2.05) is 19.1 Å². The van der Waals surface area contributed by atoms with Crippen molar-refractivity contribution < 1.29 is 4.79 Å². The van der Waals surface area contributed by atoms with Crippen LogP contribution < -0.4 is 16.0 Å². The van der Waals surface area contributed by atoms with Crippen LogP contribution >= 0.6 is 0 Å². The lowest BCUT2D eigenvalue weighted by atomic mass is 10.1. The largest absolute Gasteiger partial charge is 0.397 e. The Hall–Kier alpha value is -1.71. The second-order valence-corrected chi connectivity index (χ2v) is 5.33. The van der Waals surface area contributed by atoms with Crippen molar-refractivity contribution in [2.24, 2.45) is 0 Å². The van der Waals surface area contributed by atoms with E-state index in [1.54, 1.807) is 6.07 Å². The molecule has 1 aromatic rings. The zero-order chi connectivity index (χ0) is 15.7. The Labute approximate surface area is 128 Å². The summed E-state index contributed by atoms with van der Waals surface area (Å²) in [5.74, 6) is -0.0654. The molecule has 21 heavy (non-hydrogen) atoms. The third-order valence-electron chi connectivity index (χ3n) is 3.53. The first-order valence-electron chi connectivity index (χ1n) is 8.06. The summed E-state index contributed by atoms with van der Waals surface area (Å²) in [7, 11) is 0. The molecule has 0 unspecified atom stereocenters. The monoisotopic (exact) mass is 291 g/mol. The molecule has 0 fully saturated rings. The highest BCUT2D eigenvalue weighted by Gasteiger charge is 2.12. The molecule has 0 aliphatic rings. The molecule has 1 aromatic carbocycles. The Morgan fingerprint density at radius 1 is 1.14 bits per heavy atom. The van der Waals surface area contributed by atoms with Gasteiger partial charge in [-0.2, -0.15) is 0 Å². The van der Waals surface area contributed by atoms with E-state index in [1.165, 1.54) is 12.8 Å². The van der Waals surface area contributed by atoms with Gasteiger partial charge in [-0.15, -0.1) is 0 Å². The Kier molecular flexibility index (Phi) is 7.65. The van der Waals surface area contributed by atoms with Crippen molar-refractivity contribution in [1.82, 2.24) is 5.32 Å². The van der Waals surface area contributed by atoms with Crippen LogP contribution in [0.1, 0.15) is 56.8 Å². The molecule has 1 amide bonds. The molecule has 0 atom stereocenters. The van der Waals surface area contributed by atoms with Gasteiger partial charge in [0.15, 0.2) is 0 Å². The zero-order valence-corrected chi connectivity index (χ0v) is 13.6. The van der Waals surface area contributed by atoms with E-state index >= 15 is 0 Å². The average Bonchev–Trinajstić information content (AvgIpc) is 2.48. The number of rotatable bonds is 9. The Morgan fingerprint density at radius 3 is 2.24 bits per heavy atom. The van der Waals surface area contributed by atoms with E-state index in [9.17, 15) is 4.79 Å². The van der Waals surface area contributed by atoms with Gasteiger partial charge >= 0.3 is 0 Å². The van der Waals surface area contributed by atoms with Gasteiger partial charge in [0, 0.05) is 25.2 Å². The maximum absolute atomic E-state index is 11.8. The van der Waals surface area contributed by atoms with Crippen LogP contribution in [0.25, 0.3) is 0 Å². The number of nitrogens with zero attached hydrogens (tertiary/aromatic N) is 1. The van der Waals surface area contributed by atoms with Gasteiger partial charge < -0.3 is 16.0 Å². The number of carbonyl (C=O) groups excluding carboxylic acids is 1. The summed E-state index contributed by atoms with van der Waals surface area (Å²) in [6, 6.07) is 5.62. The summed E-state index contributed by atoms with van der Waals surface area (Å²) in [5.41, 5.74) is 8.54. The number of anilines is 2. The summed E-state index contributed by atoms with van der Waals surface area (Å²) in [6.45, 7) is 8.95. The van der Waals surface area contributed by atoms with E-state index in [2.05, 4.69) is 24.1 Å². The molecule has 1 rings (SSSR count). The van der Waals surface area contributed by atoms with Gasteiger partial charge in [0.1, 0.15) is 0 Å². The molecule has 4 nitrogen and oxygen atoms in total. The molecule has 0 bridgehead atoms. The van der Waals surface area contributed by atoms with Crippen LogP contribution in [0, 0.1) is 0 Å². The number of nitrogens with two attached hydrogens (primary N) is 1. The van der Waals surface area contributed by atoms with Crippen molar-refractivity contribution in [3.63, 3.8) is 0 Å². The lowest BCUT2D eigenvalue weighted by molar-refractivity contribution is 0.0956. The minimum atomic E-state index is -0.0654. The zero-order valence-electron chi connectivity index (χ0n) is 13.6. The predicted octanol–water partition coefficient (Wildman–Crippen LogP) is 3.43. The van der Waals surface area contributed by atoms with Crippen LogP contribution in [0.5, 0.6) is 0 Å². The second-order valence-electron chi connectivity index (χ2n) is 5.33. The van der Waals surface area contributed by atoms with Crippen molar-refractivity contribution in [2.45, 2.75) is 46.5 Å². The normalized spacial score (nSPS) is 10.4. The summed E-state index contributed by atoms with van der Waals surface area (Å²) >= 11 is 0. The van der Waals surface area contributed by atoms with Gasteiger partial charge in [-0.1, -0.05) is 26.7 Å². The molecule has 0 aliphatic heterocycles. The van der Waals surface area contributed by atoms with Gasteiger partial charge in [-0.05, 0) is 38.0 Å². The first kappa shape index (κ1) is 17.3. The third-order valence-corrected chi connectivity index (χ3v) is 3.53. The Bertz CT molecular complexity index is 438. The topological polar surface area (TPSA) is 58.4 Å². The Balaban J connectivity index is 2.89. The number of hydrogen-bond acceptors (Lipinski definition) is 3. The van der Waals surface area contributed by atoms with Gasteiger partial charge in [0.25, 0.3) is 5.91 Å². The van der Waals surface area contributed by atoms with Crippen LogP contribution in [0.4, 0.5) is 11.4 Å². The van der Waals surface area contributed by atoms with Crippen LogP contribution in [0.2, 0.25) is 0 Å². The molecule has 0 radical (unpaired) electrons. The lowest BCUT2D eigenvalue weighted by Gasteiger charge is -2.26. The van der Waals surface area contributed by atoms with Crippen LogP contribution in [-0.4, -0.2) is 25.5 Å². The minimum Gasteiger partial charge on any atom is -0.397 e. The fraction of sp³-hybridized carbons (Fsp3) is 0.588. The number of amides is 1. The number of benzene rings is 1. The Morgan fingerprint density at radius 2 is 1.76 bits per heavy atom.